The van der Waals surface area contributed by atoms with Crippen LogP contribution in [0.1, 0.15) is 30.9 Å². The number of imidazole rings is 1. The molecule has 0 fully saturated rings. The van der Waals surface area contributed by atoms with Crippen LogP contribution in [0.15, 0.2) is 53.6 Å². The van der Waals surface area contributed by atoms with E-state index in [1.807, 2.05) is 61.0 Å². The molecule has 3 aromatic rings. The van der Waals surface area contributed by atoms with E-state index in [0.717, 1.165) is 28.1 Å². The van der Waals surface area contributed by atoms with Gasteiger partial charge in [-0.2, -0.15) is 0 Å². The molecule has 0 spiro atoms. The standard InChI is InChI=1S/C23H26N2O4S/c1-5-17-7-8-19(13-21(17)30(4,27)28)18-9-11-20(12-10-18)25-15-16(3)24-22(25)14-23(26)29-6-2/h7-13,15H,5-6,14H2,1-4H3. The Morgan fingerprint density at radius 1 is 1.07 bits per heavy atom. The Hall–Kier alpha value is -2.93. The van der Waals surface area contributed by atoms with Crippen LogP contribution in [-0.2, 0) is 32.2 Å². The number of aromatic nitrogens is 2. The smallest absolute Gasteiger partial charge is 0.313 e. The molecule has 2 aromatic carbocycles. The van der Waals surface area contributed by atoms with Gasteiger partial charge in [0.15, 0.2) is 9.84 Å². The number of carbonyl (C=O) groups is 1. The van der Waals surface area contributed by atoms with E-state index >= 15 is 0 Å². The molecular weight excluding hydrogens is 400 g/mol. The van der Waals surface area contributed by atoms with Crippen molar-refractivity contribution in [3.8, 4) is 16.8 Å². The van der Waals surface area contributed by atoms with Crippen molar-refractivity contribution in [3.05, 3.63) is 65.7 Å². The topological polar surface area (TPSA) is 78.3 Å². The molecule has 1 heterocycles. The minimum atomic E-state index is -3.30. The van der Waals surface area contributed by atoms with Crippen molar-refractivity contribution >= 4 is 15.8 Å². The Morgan fingerprint density at radius 2 is 1.73 bits per heavy atom. The Morgan fingerprint density at radius 3 is 2.33 bits per heavy atom. The Kier molecular flexibility index (Phi) is 6.41. The van der Waals surface area contributed by atoms with E-state index in [9.17, 15) is 13.2 Å². The SMILES string of the molecule is CCOC(=O)Cc1nc(C)cn1-c1ccc(-c2ccc(CC)c(S(C)(=O)=O)c2)cc1. The maximum absolute atomic E-state index is 12.2. The summed E-state index contributed by atoms with van der Waals surface area (Å²) in [5, 5.41) is 0. The van der Waals surface area contributed by atoms with Gasteiger partial charge in [-0.1, -0.05) is 31.2 Å². The highest BCUT2D eigenvalue weighted by atomic mass is 32.2. The molecule has 0 saturated heterocycles. The highest BCUT2D eigenvalue weighted by Gasteiger charge is 2.15. The van der Waals surface area contributed by atoms with Gasteiger partial charge in [0.05, 0.1) is 17.2 Å². The van der Waals surface area contributed by atoms with Gasteiger partial charge in [0.1, 0.15) is 12.2 Å². The Bertz CT molecular complexity index is 1160. The summed E-state index contributed by atoms with van der Waals surface area (Å²) >= 11 is 0. The van der Waals surface area contributed by atoms with Gasteiger partial charge in [-0.05, 0) is 55.2 Å². The molecule has 30 heavy (non-hydrogen) atoms. The lowest BCUT2D eigenvalue weighted by Gasteiger charge is -2.11. The molecule has 0 radical (unpaired) electrons. The summed E-state index contributed by atoms with van der Waals surface area (Å²) < 4.78 is 31.2. The fraction of sp³-hybridized carbons (Fsp3) is 0.304. The largest absolute Gasteiger partial charge is 0.466 e. The monoisotopic (exact) mass is 426 g/mol. The lowest BCUT2D eigenvalue weighted by molar-refractivity contribution is -0.142. The maximum atomic E-state index is 12.2. The average Bonchev–Trinajstić information content (AvgIpc) is 3.07. The number of aryl methyl sites for hydroxylation is 2. The van der Waals surface area contributed by atoms with E-state index < -0.39 is 9.84 Å². The first kappa shape index (κ1) is 21.8. The van der Waals surface area contributed by atoms with Gasteiger partial charge in [-0.25, -0.2) is 13.4 Å². The van der Waals surface area contributed by atoms with E-state index in [1.54, 1.807) is 13.0 Å². The number of hydrogen-bond acceptors (Lipinski definition) is 5. The summed E-state index contributed by atoms with van der Waals surface area (Å²) in [5.74, 6) is 0.302. The number of carbonyl (C=O) groups excluding carboxylic acids is 1. The van der Waals surface area contributed by atoms with E-state index in [4.69, 9.17) is 4.74 Å². The number of hydrogen-bond donors (Lipinski definition) is 0. The normalized spacial score (nSPS) is 11.5. The predicted molar refractivity (Wildman–Crippen MR) is 117 cm³/mol. The van der Waals surface area contributed by atoms with Crippen molar-refractivity contribution < 1.29 is 17.9 Å². The van der Waals surface area contributed by atoms with Crippen molar-refractivity contribution in [2.24, 2.45) is 0 Å². The van der Waals surface area contributed by atoms with Crippen molar-refractivity contribution in [2.45, 2.75) is 38.5 Å². The van der Waals surface area contributed by atoms with Gasteiger partial charge < -0.3 is 9.30 Å². The number of nitrogens with zero attached hydrogens (tertiary/aromatic N) is 2. The third kappa shape index (κ3) is 4.79. The minimum Gasteiger partial charge on any atom is -0.466 e. The molecule has 1 aromatic heterocycles. The molecule has 0 aliphatic rings. The lowest BCUT2D eigenvalue weighted by atomic mass is 10.0. The number of sulfone groups is 1. The molecule has 6 nitrogen and oxygen atoms in total. The van der Waals surface area contributed by atoms with Crippen LogP contribution >= 0.6 is 0 Å². The molecule has 7 heteroatoms. The van der Waals surface area contributed by atoms with Gasteiger partial charge >= 0.3 is 5.97 Å². The van der Waals surface area contributed by atoms with Crippen molar-refractivity contribution in [2.75, 3.05) is 12.9 Å². The highest BCUT2D eigenvalue weighted by Crippen LogP contribution is 2.27. The zero-order chi connectivity index (χ0) is 21.9. The van der Waals surface area contributed by atoms with E-state index in [2.05, 4.69) is 4.98 Å². The molecular formula is C23H26N2O4S. The third-order valence-corrected chi connectivity index (χ3v) is 6.01. The zero-order valence-electron chi connectivity index (χ0n) is 17.7. The first-order chi connectivity index (χ1) is 14.2. The van der Waals surface area contributed by atoms with Crippen LogP contribution in [0.25, 0.3) is 16.8 Å². The van der Waals surface area contributed by atoms with Crippen LogP contribution in [0.2, 0.25) is 0 Å². The summed E-state index contributed by atoms with van der Waals surface area (Å²) in [5.41, 5.74) is 4.25. The summed E-state index contributed by atoms with van der Waals surface area (Å²) in [6, 6.07) is 13.3. The number of rotatable bonds is 7. The molecule has 0 N–H and O–H groups in total. The van der Waals surface area contributed by atoms with Crippen LogP contribution < -0.4 is 0 Å². The summed E-state index contributed by atoms with van der Waals surface area (Å²) in [6.07, 6.45) is 3.87. The van der Waals surface area contributed by atoms with Gasteiger partial charge in [0.25, 0.3) is 0 Å². The summed E-state index contributed by atoms with van der Waals surface area (Å²) in [7, 11) is -3.30. The molecule has 0 saturated carbocycles. The van der Waals surface area contributed by atoms with Crippen LogP contribution in [-0.4, -0.2) is 36.8 Å². The first-order valence-corrected chi connectivity index (χ1v) is 11.8. The fourth-order valence-corrected chi connectivity index (χ4v) is 4.45. The van der Waals surface area contributed by atoms with Crippen LogP contribution in [0.4, 0.5) is 0 Å². The van der Waals surface area contributed by atoms with E-state index in [1.165, 1.54) is 6.26 Å². The number of esters is 1. The maximum Gasteiger partial charge on any atom is 0.313 e. The molecule has 0 aliphatic carbocycles. The highest BCUT2D eigenvalue weighted by molar-refractivity contribution is 7.90. The van der Waals surface area contributed by atoms with Gasteiger partial charge in [0.2, 0.25) is 0 Å². The third-order valence-electron chi connectivity index (χ3n) is 4.83. The molecule has 158 valence electrons. The van der Waals surface area contributed by atoms with Gasteiger partial charge in [0, 0.05) is 18.1 Å². The summed E-state index contributed by atoms with van der Waals surface area (Å²) in [6.45, 7) is 5.93. The fourth-order valence-electron chi connectivity index (χ4n) is 3.42. The minimum absolute atomic E-state index is 0.0969. The predicted octanol–water partition coefficient (Wildman–Crippen LogP) is 3.92. The number of benzene rings is 2. The van der Waals surface area contributed by atoms with E-state index in [0.29, 0.717) is 23.7 Å². The zero-order valence-corrected chi connectivity index (χ0v) is 18.5. The second kappa shape index (κ2) is 8.83. The first-order valence-electron chi connectivity index (χ1n) is 9.87. The average molecular weight is 427 g/mol. The lowest BCUT2D eigenvalue weighted by Crippen LogP contribution is -2.11. The molecule has 0 aliphatic heterocycles. The van der Waals surface area contributed by atoms with Crippen LogP contribution in [0.5, 0.6) is 0 Å². The Labute approximate surface area is 177 Å². The second-order valence-corrected chi connectivity index (χ2v) is 9.13. The summed E-state index contributed by atoms with van der Waals surface area (Å²) in [4.78, 5) is 16.7. The second-order valence-electron chi connectivity index (χ2n) is 7.15. The molecule has 0 bridgehead atoms. The number of ether oxygens (including phenoxy) is 1. The van der Waals surface area contributed by atoms with E-state index in [-0.39, 0.29) is 12.4 Å². The molecule has 0 atom stereocenters. The molecule has 0 unspecified atom stereocenters. The van der Waals surface area contributed by atoms with Crippen molar-refractivity contribution in [3.63, 3.8) is 0 Å². The molecule has 0 amide bonds. The van der Waals surface area contributed by atoms with Crippen LogP contribution in [0, 0.1) is 6.92 Å². The van der Waals surface area contributed by atoms with Crippen molar-refractivity contribution in [1.29, 1.82) is 0 Å². The van der Waals surface area contributed by atoms with Gasteiger partial charge in [-0.3, -0.25) is 4.79 Å². The van der Waals surface area contributed by atoms with Crippen molar-refractivity contribution in [1.82, 2.24) is 9.55 Å². The van der Waals surface area contributed by atoms with Gasteiger partial charge in [-0.15, -0.1) is 0 Å². The molecule has 3 rings (SSSR count). The Balaban J connectivity index is 1.94. The van der Waals surface area contributed by atoms with Crippen LogP contribution in [0.3, 0.4) is 0 Å². The quantitative estimate of drug-likeness (QED) is 0.535.